The molecule has 3 aromatic rings. The van der Waals surface area contributed by atoms with Crippen LogP contribution in [-0.2, 0) is 12.8 Å². The van der Waals surface area contributed by atoms with Crippen LogP contribution < -0.4 is 10.9 Å². The van der Waals surface area contributed by atoms with Crippen LogP contribution in [0.5, 0.6) is 0 Å². The highest BCUT2D eigenvalue weighted by molar-refractivity contribution is 9.10. The fourth-order valence-electron chi connectivity index (χ4n) is 3.29. The average Bonchev–Trinajstić information content (AvgIpc) is 3.29. The van der Waals surface area contributed by atoms with E-state index in [9.17, 15) is 9.59 Å². The van der Waals surface area contributed by atoms with E-state index in [0.717, 1.165) is 36.2 Å². The van der Waals surface area contributed by atoms with Gasteiger partial charge < -0.3 is 0 Å². The zero-order valence-corrected chi connectivity index (χ0v) is 16.0. The normalized spacial score (nSPS) is 12.5. The third-order valence-electron chi connectivity index (χ3n) is 4.55. The van der Waals surface area contributed by atoms with E-state index in [2.05, 4.69) is 31.9 Å². The summed E-state index contributed by atoms with van der Waals surface area (Å²) in [5.41, 5.74) is 8.68. The number of nitrogens with one attached hydrogen (secondary N) is 2. The van der Waals surface area contributed by atoms with Crippen LogP contribution in [0.15, 0.2) is 59.1 Å². The monoisotopic (exact) mass is 424 g/mol. The molecule has 136 valence electrons. The summed E-state index contributed by atoms with van der Waals surface area (Å²) in [6.07, 6.45) is 2.68. The first kappa shape index (κ1) is 17.5. The van der Waals surface area contributed by atoms with Crippen LogP contribution in [0.1, 0.15) is 38.5 Å². The Morgan fingerprint density at radius 3 is 2.41 bits per heavy atom. The fraction of sp³-hybridized carbons (Fsp3) is 0.150. The number of halogens is 1. The van der Waals surface area contributed by atoms with Gasteiger partial charge in [-0.05, 0) is 59.5 Å². The predicted octanol–water partition coefficient (Wildman–Crippen LogP) is 3.20. The van der Waals surface area contributed by atoms with E-state index < -0.39 is 11.8 Å². The Morgan fingerprint density at radius 2 is 1.63 bits per heavy atom. The van der Waals surface area contributed by atoms with E-state index in [-0.39, 0.29) is 0 Å². The molecule has 0 unspecified atom stereocenters. The van der Waals surface area contributed by atoms with Crippen molar-refractivity contribution in [2.75, 3.05) is 0 Å². The van der Waals surface area contributed by atoms with Crippen molar-refractivity contribution in [2.45, 2.75) is 19.3 Å². The second-order valence-electron chi connectivity index (χ2n) is 6.26. The maximum atomic E-state index is 12.7. The average molecular weight is 425 g/mol. The standard InChI is InChI=1S/C20H17BrN4O2/c21-16-11-5-4-9-14(16)19(26)22-23-20(27)18-15-10-6-12-17(15)25(24-18)13-7-2-1-3-8-13/h1-5,7-9,11H,6,10,12H2,(H,22,26)(H,23,27). The summed E-state index contributed by atoms with van der Waals surface area (Å²) in [7, 11) is 0. The van der Waals surface area contributed by atoms with Crippen LogP contribution in [0.2, 0.25) is 0 Å². The van der Waals surface area contributed by atoms with Gasteiger partial charge in [-0.25, -0.2) is 4.68 Å². The van der Waals surface area contributed by atoms with Crippen molar-refractivity contribution >= 4 is 27.7 Å². The summed E-state index contributed by atoms with van der Waals surface area (Å²) in [5, 5.41) is 4.51. The van der Waals surface area contributed by atoms with Crippen LogP contribution >= 0.6 is 15.9 Å². The molecule has 2 N–H and O–H groups in total. The number of carbonyl (C=O) groups is 2. The van der Waals surface area contributed by atoms with Crippen LogP contribution in [0.25, 0.3) is 5.69 Å². The van der Waals surface area contributed by atoms with Gasteiger partial charge >= 0.3 is 0 Å². The Balaban J connectivity index is 1.55. The molecule has 1 aliphatic rings. The maximum absolute atomic E-state index is 12.7. The van der Waals surface area contributed by atoms with Crippen LogP contribution in [0.4, 0.5) is 0 Å². The molecule has 1 aliphatic carbocycles. The van der Waals surface area contributed by atoms with E-state index in [1.165, 1.54) is 0 Å². The van der Waals surface area contributed by atoms with Gasteiger partial charge in [0.1, 0.15) is 0 Å². The van der Waals surface area contributed by atoms with E-state index in [1.54, 1.807) is 18.2 Å². The number of nitrogens with zero attached hydrogens (tertiary/aromatic N) is 2. The third kappa shape index (κ3) is 3.38. The van der Waals surface area contributed by atoms with Gasteiger partial charge in [-0.1, -0.05) is 30.3 Å². The first-order valence-corrected chi connectivity index (χ1v) is 9.46. The quantitative estimate of drug-likeness (QED) is 0.633. The lowest BCUT2D eigenvalue weighted by Crippen LogP contribution is -2.42. The molecule has 4 rings (SSSR count). The summed E-state index contributed by atoms with van der Waals surface area (Å²) in [6, 6.07) is 16.8. The van der Waals surface area contributed by atoms with Gasteiger partial charge in [-0.2, -0.15) is 5.10 Å². The van der Waals surface area contributed by atoms with Crippen molar-refractivity contribution in [3.8, 4) is 5.69 Å². The Kier molecular flexibility index (Phi) is 4.77. The van der Waals surface area contributed by atoms with Crippen molar-refractivity contribution in [1.29, 1.82) is 0 Å². The van der Waals surface area contributed by atoms with Gasteiger partial charge in [0.2, 0.25) is 0 Å². The number of hydrogen-bond acceptors (Lipinski definition) is 3. The number of hydrogen-bond donors (Lipinski definition) is 2. The van der Waals surface area contributed by atoms with Crippen LogP contribution in [0.3, 0.4) is 0 Å². The molecule has 0 fully saturated rings. The number of aromatic nitrogens is 2. The molecule has 1 aromatic heterocycles. The maximum Gasteiger partial charge on any atom is 0.290 e. The highest BCUT2D eigenvalue weighted by atomic mass is 79.9. The molecule has 2 aromatic carbocycles. The summed E-state index contributed by atoms with van der Waals surface area (Å²) in [6.45, 7) is 0. The van der Waals surface area contributed by atoms with Crippen molar-refractivity contribution in [1.82, 2.24) is 20.6 Å². The van der Waals surface area contributed by atoms with Crippen LogP contribution in [-0.4, -0.2) is 21.6 Å². The highest BCUT2D eigenvalue weighted by Gasteiger charge is 2.27. The summed E-state index contributed by atoms with van der Waals surface area (Å²) < 4.78 is 2.48. The Hall–Kier alpha value is -2.93. The number of carbonyl (C=O) groups excluding carboxylic acids is 2. The molecule has 0 bridgehead atoms. The number of hydrazine groups is 1. The molecule has 7 heteroatoms. The van der Waals surface area contributed by atoms with E-state index in [4.69, 9.17) is 0 Å². The van der Waals surface area contributed by atoms with E-state index in [1.807, 2.05) is 41.1 Å². The molecule has 0 aliphatic heterocycles. The molecule has 0 saturated carbocycles. The number of amides is 2. The number of fused-ring (bicyclic) bond motifs is 1. The molecular weight excluding hydrogens is 408 g/mol. The summed E-state index contributed by atoms with van der Waals surface area (Å²) in [5.74, 6) is -0.807. The smallest absolute Gasteiger partial charge is 0.267 e. The van der Waals surface area contributed by atoms with Gasteiger partial charge in [-0.15, -0.1) is 0 Å². The summed E-state index contributed by atoms with van der Waals surface area (Å²) >= 11 is 3.33. The number of para-hydroxylation sites is 1. The van der Waals surface area contributed by atoms with Crippen molar-refractivity contribution < 1.29 is 9.59 Å². The van der Waals surface area contributed by atoms with Crippen molar-refractivity contribution in [3.05, 3.63) is 81.6 Å². The highest BCUT2D eigenvalue weighted by Crippen LogP contribution is 2.27. The van der Waals surface area contributed by atoms with Gasteiger partial charge in [0.15, 0.2) is 5.69 Å². The number of benzene rings is 2. The Morgan fingerprint density at radius 1 is 0.926 bits per heavy atom. The number of rotatable bonds is 3. The molecule has 0 radical (unpaired) electrons. The van der Waals surface area contributed by atoms with E-state index >= 15 is 0 Å². The molecule has 0 spiro atoms. The zero-order valence-electron chi connectivity index (χ0n) is 14.4. The minimum Gasteiger partial charge on any atom is -0.267 e. The molecule has 1 heterocycles. The van der Waals surface area contributed by atoms with Gasteiger partial charge in [0.25, 0.3) is 11.8 Å². The minimum atomic E-state index is -0.414. The van der Waals surface area contributed by atoms with Crippen molar-refractivity contribution in [3.63, 3.8) is 0 Å². The minimum absolute atomic E-state index is 0.360. The molecule has 27 heavy (non-hydrogen) atoms. The lowest BCUT2D eigenvalue weighted by molar-refractivity contribution is 0.0842. The topological polar surface area (TPSA) is 76.0 Å². The van der Waals surface area contributed by atoms with Gasteiger partial charge in [0, 0.05) is 15.7 Å². The third-order valence-corrected chi connectivity index (χ3v) is 5.25. The lowest BCUT2D eigenvalue weighted by atomic mass is 10.2. The Labute approximate surface area is 164 Å². The van der Waals surface area contributed by atoms with Crippen molar-refractivity contribution in [2.24, 2.45) is 0 Å². The zero-order chi connectivity index (χ0) is 18.8. The molecule has 2 amide bonds. The molecular formula is C20H17BrN4O2. The summed E-state index contributed by atoms with van der Waals surface area (Å²) in [4.78, 5) is 24.9. The second-order valence-corrected chi connectivity index (χ2v) is 7.12. The fourth-order valence-corrected chi connectivity index (χ4v) is 3.75. The van der Waals surface area contributed by atoms with Gasteiger partial charge in [0.05, 0.1) is 11.3 Å². The van der Waals surface area contributed by atoms with Gasteiger partial charge in [-0.3, -0.25) is 20.4 Å². The first-order chi connectivity index (χ1) is 13.1. The lowest BCUT2D eigenvalue weighted by Gasteiger charge is -2.08. The predicted molar refractivity (Wildman–Crippen MR) is 105 cm³/mol. The molecule has 0 atom stereocenters. The Bertz CT molecular complexity index is 1010. The largest absolute Gasteiger partial charge is 0.290 e. The molecule has 6 nitrogen and oxygen atoms in total. The van der Waals surface area contributed by atoms with E-state index in [0.29, 0.717) is 15.7 Å². The van der Waals surface area contributed by atoms with Crippen LogP contribution in [0, 0.1) is 0 Å². The first-order valence-electron chi connectivity index (χ1n) is 8.66. The second kappa shape index (κ2) is 7.36. The molecule has 0 saturated heterocycles. The SMILES string of the molecule is O=C(NNC(=O)c1nn(-c2ccccc2)c2c1CCC2)c1ccccc1Br.